The van der Waals surface area contributed by atoms with Gasteiger partial charge < -0.3 is 15.7 Å². The van der Waals surface area contributed by atoms with E-state index < -0.39 is 28.9 Å². The van der Waals surface area contributed by atoms with Gasteiger partial charge in [0.1, 0.15) is 5.69 Å². The highest BCUT2D eigenvalue weighted by atomic mass is 19.1. The molecule has 21 heavy (non-hydrogen) atoms. The molecule has 0 saturated carbocycles. The number of urea groups is 1. The molecule has 0 atom stereocenters. The summed E-state index contributed by atoms with van der Waals surface area (Å²) in [5.41, 5.74) is -1.36. The van der Waals surface area contributed by atoms with Gasteiger partial charge in [-0.1, -0.05) is 19.8 Å². The van der Waals surface area contributed by atoms with Crippen molar-refractivity contribution < 1.29 is 18.7 Å². The molecule has 0 saturated heterocycles. The summed E-state index contributed by atoms with van der Waals surface area (Å²) in [7, 11) is 0. The second-order valence-corrected chi connectivity index (χ2v) is 4.68. The summed E-state index contributed by atoms with van der Waals surface area (Å²) in [6, 6.07) is 1.12. The molecule has 1 aromatic rings. The highest BCUT2D eigenvalue weighted by Crippen LogP contribution is 2.21. The fourth-order valence-electron chi connectivity index (χ4n) is 1.85. The van der Waals surface area contributed by atoms with Crippen molar-refractivity contribution in [3.05, 3.63) is 29.3 Å². The summed E-state index contributed by atoms with van der Waals surface area (Å²) >= 11 is 0. The van der Waals surface area contributed by atoms with Crippen molar-refractivity contribution in [2.45, 2.75) is 32.2 Å². The Morgan fingerprint density at radius 3 is 2.24 bits per heavy atom. The van der Waals surface area contributed by atoms with Crippen molar-refractivity contribution in [2.75, 3.05) is 11.9 Å². The van der Waals surface area contributed by atoms with Gasteiger partial charge in [0.25, 0.3) is 0 Å². The standard InChI is InChI=1S/C15H18F2N2O2/c1-4-10-7-11(16)13(12(17)8-10)18-14(21)19-15(5-2,6-3)9-20/h1,7-8,20H,5-6,9H2,2-3H3,(H2,18,19,21). The van der Waals surface area contributed by atoms with Crippen LogP contribution in [0.25, 0.3) is 0 Å². The number of aliphatic hydroxyl groups is 1. The summed E-state index contributed by atoms with van der Waals surface area (Å²) in [6.45, 7) is 3.32. The van der Waals surface area contributed by atoms with Gasteiger partial charge in [0.05, 0.1) is 12.1 Å². The van der Waals surface area contributed by atoms with Crippen LogP contribution >= 0.6 is 0 Å². The molecule has 0 spiro atoms. The minimum Gasteiger partial charge on any atom is -0.394 e. The van der Waals surface area contributed by atoms with E-state index in [1.54, 1.807) is 13.8 Å². The highest BCUT2D eigenvalue weighted by Gasteiger charge is 2.27. The van der Waals surface area contributed by atoms with Crippen molar-refractivity contribution in [1.82, 2.24) is 5.32 Å². The molecule has 3 N–H and O–H groups in total. The lowest BCUT2D eigenvalue weighted by Gasteiger charge is -2.30. The highest BCUT2D eigenvalue weighted by molar-refractivity contribution is 5.90. The third-order valence-corrected chi connectivity index (χ3v) is 3.48. The number of halogens is 2. The largest absolute Gasteiger partial charge is 0.394 e. The Morgan fingerprint density at radius 2 is 1.86 bits per heavy atom. The Hall–Kier alpha value is -2.13. The van der Waals surface area contributed by atoms with Crippen molar-refractivity contribution in [3.8, 4) is 12.3 Å². The van der Waals surface area contributed by atoms with Crippen LogP contribution in [0.3, 0.4) is 0 Å². The summed E-state index contributed by atoms with van der Waals surface area (Å²) in [5, 5.41) is 14.0. The van der Waals surface area contributed by atoms with Crippen molar-refractivity contribution in [3.63, 3.8) is 0 Å². The quantitative estimate of drug-likeness (QED) is 0.731. The third-order valence-electron chi connectivity index (χ3n) is 3.48. The van der Waals surface area contributed by atoms with Gasteiger partial charge in [-0.3, -0.25) is 0 Å². The first-order valence-corrected chi connectivity index (χ1v) is 6.57. The number of rotatable bonds is 5. The number of benzene rings is 1. The molecule has 0 aliphatic carbocycles. The molecule has 0 aliphatic heterocycles. The molecule has 0 unspecified atom stereocenters. The van der Waals surface area contributed by atoms with E-state index in [0.29, 0.717) is 12.8 Å². The van der Waals surface area contributed by atoms with E-state index >= 15 is 0 Å². The van der Waals surface area contributed by atoms with Gasteiger partial charge in [0.2, 0.25) is 0 Å². The van der Waals surface area contributed by atoms with Crippen LogP contribution < -0.4 is 10.6 Å². The molecule has 6 heteroatoms. The average molecular weight is 296 g/mol. The summed E-state index contributed by atoms with van der Waals surface area (Å²) < 4.78 is 27.4. The van der Waals surface area contributed by atoms with Crippen LogP contribution in [-0.2, 0) is 0 Å². The minimum atomic E-state index is -0.958. The van der Waals surface area contributed by atoms with Crippen molar-refractivity contribution >= 4 is 11.7 Å². The van der Waals surface area contributed by atoms with Gasteiger partial charge >= 0.3 is 6.03 Å². The molecule has 2 amide bonds. The number of aliphatic hydroxyl groups excluding tert-OH is 1. The molecule has 4 nitrogen and oxygen atoms in total. The minimum absolute atomic E-state index is 0.0442. The van der Waals surface area contributed by atoms with Crippen LogP contribution in [0.1, 0.15) is 32.3 Å². The first-order valence-electron chi connectivity index (χ1n) is 6.57. The topological polar surface area (TPSA) is 61.4 Å². The number of hydrogen-bond donors (Lipinski definition) is 3. The van der Waals surface area contributed by atoms with Crippen molar-refractivity contribution in [2.24, 2.45) is 0 Å². The lowest BCUT2D eigenvalue weighted by molar-refractivity contribution is 0.155. The average Bonchev–Trinajstić information content (AvgIpc) is 2.48. The number of amides is 2. The van der Waals surface area contributed by atoms with Crippen LogP contribution in [0.15, 0.2) is 12.1 Å². The predicted molar refractivity (Wildman–Crippen MR) is 76.8 cm³/mol. The predicted octanol–water partition coefficient (Wildman–Crippen LogP) is 2.62. The maximum absolute atomic E-state index is 13.7. The number of terminal acetylenes is 1. The summed E-state index contributed by atoms with van der Waals surface area (Å²) in [4.78, 5) is 11.9. The number of carbonyl (C=O) groups excluding carboxylic acids is 1. The van der Waals surface area contributed by atoms with Gasteiger partial charge in [-0.2, -0.15) is 0 Å². The zero-order valence-electron chi connectivity index (χ0n) is 12.0. The Balaban J connectivity index is 2.92. The van der Waals surface area contributed by atoms with E-state index in [4.69, 9.17) is 6.42 Å². The Kier molecular flexibility index (Phi) is 5.68. The number of hydrogen-bond acceptors (Lipinski definition) is 2. The monoisotopic (exact) mass is 296 g/mol. The van der Waals surface area contributed by atoms with Gasteiger partial charge in [0.15, 0.2) is 11.6 Å². The van der Waals surface area contributed by atoms with Gasteiger partial charge in [-0.05, 0) is 25.0 Å². The maximum Gasteiger partial charge on any atom is 0.319 e. The van der Waals surface area contributed by atoms with Crippen LogP contribution in [0.5, 0.6) is 0 Å². The maximum atomic E-state index is 13.7. The molecular formula is C15H18F2N2O2. The number of carbonyl (C=O) groups is 1. The molecule has 0 aliphatic rings. The number of nitrogens with one attached hydrogen (secondary N) is 2. The van der Waals surface area contributed by atoms with Gasteiger partial charge in [-0.15, -0.1) is 6.42 Å². The van der Waals surface area contributed by atoms with Gasteiger partial charge in [-0.25, -0.2) is 13.6 Å². The summed E-state index contributed by atoms with van der Waals surface area (Å²) in [6.07, 6.45) is 6.03. The lowest BCUT2D eigenvalue weighted by atomic mass is 9.94. The first-order chi connectivity index (χ1) is 9.91. The lowest BCUT2D eigenvalue weighted by Crippen LogP contribution is -2.52. The second kappa shape index (κ2) is 7.04. The fraction of sp³-hybridized carbons (Fsp3) is 0.400. The fourth-order valence-corrected chi connectivity index (χ4v) is 1.85. The zero-order chi connectivity index (χ0) is 16.0. The molecule has 1 rings (SSSR count). The normalized spacial score (nSPS) is 10.9. The van der Waals surface area contributed by atoms with E-state index in [0.717, 1.165) is 12.1 Å². The smallest absolute Gasteiger partial charge is 0.319 e. The molecule has 1 aromatic carbocycles. The Bertz CT molecular complexity index is 532. The van der Waals surface area contributed by atoms with E-state index in [1.807, 2.05) is 0 Å². The molecular weight excluding hydrogens is 278 g/mol. The summed E-state index contributed by atoms with van der Waals surface area (Å²) in [5.74, 6) is 0.198. The van der Waals surface area contributed by atoms with Crippen LogP contribution in [0.2, 0.25) is 0 Å². The number of anilines is 1. The molecule has 0 heterocycles. The molecule has 0 fully saturated rings. The van der Waals surface area contributed by atoms with Crippen LogP contribution in [0, 0.1) is 24.0 Å². The first kappa shape index (κ1) is 16.9. The van der Waals surface area contributed by atoms with E-state index in [-0.39, 0.29) is 12.2 Å². The third kappa shape index (κ3) is 3.92. The van der Waals surface area contributed by atoms with Crippen LogP contribution in [0.4, 0.5) is 19.3 Å². The van der Waals surface area contributed by atoms with Crippen LogP contribution in [-0.4, -0.2) is 23.3 Å². The molecule has 0 bridgehead atoms. The second-order valence-electron chi connectivity index (χ2n) is 4.68. The van der Waals surface area contributed by atoms with Gasteiger partial charge in [0, 0.05) is 5.56 Å². The molecule has 0 radical (unpaired) electrons. The molecule has 0 aromatic heterocycles. The molecule has 114 valence electrons. The van der Waals surface area contributed by atoms with E-state index in [9.17, 15) is 18.7 Å². The SMILES string of the molecule is C#Cc1cc(F)c(NC(=O)NC(CC)(CC)CO)c(F)c1. The zero-order valence-corrected chi connectivity index (χ0v) is 12.0. The van der Waals surface area contributed by atoms with Crippen molar-refractivity contribution in [1.29, 1.82) is 0 Å². The van der Waals surface area contributed by atoms with E-state index in [1.165, 1.54) is 0 Å². The van der Waals surface area contributed by atoms with E-state index in [2.05, 4.69) is 16.6 Å². The Labute approximate surface area is 122 Å². The Morgan fingerprint density at radius 1 is 1.33 bits per heavy atom.